The van der Waals surface area contributed by atoms with Gasteiger partial charge >= 0.3 is 0 Å². The average molecular weight is 395 g/mol. The van der Waals surface area contributed by atoms with Crippen LogP contribution in [-0.4, -0.2) is 50.4 Å². The van der Waals surface area contributed by atoms with E-state index >= 15 is 0 Å². The molecule has 1 fully saturated rings. The number of sulfonamides is 1. The Bertz CT molecular complexity index is 835. The lowest BCUT2D eigenvalue weighted by Crippen LogP contribution is -2.48. The highest BCUT2D eigenvalue weighted by Gasteiger charge is 2.29. The second kappa shape index (κ2) is 8.39. The summed E-state index contributed by atoms with van der Waals surface area (Å²) in [6.07, 6.45) is 0. The topological polar surface area (TPSA) is 49.9 Å². The molecule has 3 rings (SSSR count). The van der Waals surface area contributed by atoms with Gasteiger partial charge in [0.1, 0.15) is 5.75 Å². The van der Waals surface area contributed by atoms with Crippen LogP contribution in [0.5, 0.6) is 5.75 Å². The van der Waals surface area contributed by atoms with Crippen LogP contribution >= 0.6 is 11.6 Å². The third-order valence-electron chi connectivity index (χ3n) is 4.42. The Morgan fingerprint density at radius 1 is 1.04 bits per heavy atom. The van der Waals surface area contributed by atoms with E-state index in [1.54, 1.807) is 6.07 Å². The number of ether oxygens (including phenoxy) is 1. The first-order valence-corrected chi connectivity index (χ1v) is 10.5. The lowest BCUT2D eigenvalue weighted by atomic mass is 10.2. The zero-order chi connectivity index (χ0) is 18.6. The Morgan fingerprint density at radius 2 is 1.73 bits per heavy atom. The molecule has 0 atom stereocenters. The highest BCUT2D eigenvalue weighted by molar-refractivity contribution is 7.89. The lowest BCUT2D eigenvalue weighted by Gasteiger charge is -2.34. The first-order valence-electron chi connectivity index (χ1n) is 8.69. The fourth-order valence-corrected chi connectivity index (χ4v) is 4.64. The Morgan fingerprint density at radius 3 is 2.38 bits per heavy atom. The van der Waals surface area contributed by atoms with Crippen LogP contribution in [0.15, 0.2) is 53.4 Å². The maximum atomic E-state index is 12.9. The van der Waals surface area contributed by atoms with Crippen molar-refractivity contribution in [2.45, 2.75) is 18.4 Å². The molecule has 0 unspecified atom stereocenters. The molecule has 26 heavy (non-hydrogen) atoms. The molecule has 0 spiro atoms. The van der Waals surface area contributed by atoms with Gasteiger partial charge in [0, 0.05) is 38.8 Å². The number of hydrogen-bond donors (Lipinski definition) is 0. The van der Waals surface area contributed by atoms with Gasteiger partial charge in [0.15, 0.2) is 0 Å². The molecule has 0 amide bonds. The molecule has 0 aliphatic carbocycles. The smallest absolute Gasteiger partial charge is 0.243 e. The minimum absolute atomic E-state index is 0.224. The average Bonchev–Trinajstić information content (AvgIpc) is 2.65. The van der Waals surface area contributed by atoms with Crippen molar-refractivity contribution < 1.29 is 13.2 Å². The van der Waals surface area contributed by atoms with Crippen molar-refractivity contribution in [3.63, 3.8) is 0 Å². The van der Waals surface area contributed by atoms with Crippen molar-refractivity contribution in [3.05, 3.63) is 59.1 Å². The van der Waals surface area contributed by atoms with Gasteiger partial charge < -0.3 is 4.74 Å². The van der Waals surface area contributed by atoms with Gasteiger partial charge in [0.2, 0.25) is 10.0 Å². The van der Waals surface area contributed by atoms with E-state index in [4.69, 9.17) is 16.3 Å². The number of piperazine rings is 1. The highest BCUT2D eigenvalue weighted by Crippen LogP contribution is 2.29. The molecule has 0 radical (unpaired) electrons. The maximum absolute atomic E-state index is 12.9. The Hall–Kier alpha value is -1.60. The highest BCUT2D eigenvalue weighted by atomic mass is 35.5. The molecule has 0 aromatic heterocycles. The van der Waals surface area contributed by atoms with E-state index in [-0.39, 0.29) is 4.90 Å². The van der Waals surface area contributed by atoms with Crippen molar-refractivity contribution >= 4 is 21.6 Å². The quantitative estimate of drug-likeness (QED) is 0.754. The van der Waals surface area contributed by atoms with Gasteiger partial charge in [-0.1, -0.05) is 41.9 Å². The molecule has 1 heterocycles. The summed E-state index contributed by atoms with van der Waals surface area (Å²) in [5.41, 5.74) is 1.24. The van der Waals surface area contributed by atoms with Crippen molar-refractivity contribution in [2.24, 2.45) is 0 Å². The van der Waals surface area contributed by atoms with E-state index in [9.17, 15) is 8.42 Å². The SMILES string of the molecule is CCOc1cc(S(=O)(=O)N2CCN(Cc3ccccc3)CC2)ccc1Cl. The van der Waals surface area contributed by atoms with E-state index in [1.807, 2.05) is 25.1 Å². The molecule has 0 N–H and O–H groups in total. The molecular weight excluding hydrogens is 372 g/mol. The van der Waals surface area contributed by atoms with Gasteiger partial charge in [-0.3, -0.25) is 4.90 Å². The van der Waals surface area contributed by atoms with E-state index in [0.29, 0.717) is 43.6 Å². The minimum Gasteiger partial charge on any atom is -0.492 e. The van der Waals surface area contributed by atoms with Crippen LogP contribution in [-0.2, 0) is 16.6 Å². The van der Waals surface area contributed by atoms with Crippen LogP contribution in [0.2, 0.25) is 5.02 Å². The van der Waals surface area contributed by atoms with Gasteiger partial charge in [-0.15, -0.1) is 0 Å². The summed E-state index contributed by atoms with van der Waals surface area (Å²) in [5.74, 6) is 0.401. The summed E-state index contributed by atoms with van der Waals surface area (Å²) >= 11 is 6.07. The normalized spacial score (nSPS) is 16.5. The fraction of sp³-hybridized carbons (Fsp3) is 0.368. The molecule has 2 aromatic rings. The monoisotopic (exact) mass is 394 g/mol. The predicted octanol–water partition coefficient (Wildman–Crippen LogP) is 3.25. The van der Waals surface area contributed by atoms with Gasteiger partial charge in [-0.25, -0.2) is 8.42 Å². The first-order chi connectivity index (χ1) is 12.5. The van der Waals surface area contributed by atoms with Gasteiger partial charge in [0.05, 0.1) is 16.5 Å². The van der Waals surface area contributed by atoms with Gasteiger partial charge in [-0.05, 0) is 24.6 Å². The summed E-state index contributed by atoms with van der Waals surface area (Å²) in [6, 6.07) is 14.8. The van der Waals surface area contributed by atoms with Crippen molar-refractivity contribution in [1.29, 1.82) is 0 Å². The molecule has 2 aromatic carbocycles. The van der Waals surface area contributed by atoms with Gasteiger partial charge in [-0.2, -0.15) is 4.31 Å². The van der Waals surface area contributed by atoms with Crippen LogP contribution in [0, 0.1) is 0 Å². The summed E-state index contributed by atoms with van der Waals surface area (Å²) in [6.45, 7) is 5.47. The summed E-state index contributed by atoms with van der Waals surface area (Å²) in [7, 11) is -3.55. The summed E-state index contributed by atoms with van der Waals surface area (Å²) < 4.78 is 32.8. The Balaban J connectivity index is 1.67. The molecular formula is C19H23ClN2O3S. The van der Waals surface area contributed by atoms with Crippen LogP contribution in [0.25, 0.3) is 0 Å². The van der Waals surface area contributed by atoms with Crippen LogP contribution < -0.4 is 4.74 Å². The second-order valence-corrected chi connectivity index (χ2v) is 8.54. The molecule has 0 bridgehead atoms. The molecule has 5 nitrogen and oxygen atoms in total. The molecule has 1 aliphatic heterocycles. The van der Waals surface area contributed by atoms with Crippen LogP contribution in [0.3, 0.4) is 0 Å². The van der Waals surface area contributed by atoms with Crippen molar-refractivity contribution in [3.8, 4) is 5.75 Å². The molecule has 1 saturated heterocycles. The van der Waals surface area contributed by atoms with Crippen LogP contribution in [0.1, 0.15) is 12.5 Å². The zero-order valence-corrected chi connectivity index (χ0v) is 16.3. The third kappa shape index (κ3) is 4.38. The van der Waals surface area contributed by atoms with E-state index in [2.05, 4.69) is 17.0 Å². The third-order valence-corrected chi connectivity index (χ3v) is 6.63. The number of nitrogens with zero attached hydrogens (tertiary/aromatic N) is 2. The Kier molecular flexibility index (Phi) is 6.19. The number of benzene rings is 2. The molecule has 140 valence electrons. The number of rotatable bonds is 6. The molecule has 0 saturated carbocycles. The van der Waals surface area contributed by atoms with E-state index in [0.717, 1.165) is 6.54 Å². The largest absolute Gasteiger partial charge is 0.492 e. The first kappa shape index (κ1) is 19.2. The zero-order valence-electron chi connectivity index (χ0n) is 14.8. The predicted molar refractivity (Wildman–Crippen MR) is 103 cm³/mol. The van der Waals surface area contributed by atoms with Crippen LogP contribution in [0.4, 0.5) is 0 Å². The molecule has 1 aliphatic rings. The fourth-order valence-electron chi connectivity index (χ4n) is 3.03. The van der Waals surface area contributed by atoms with E-state index in [1.165, 1.54) is 22.0 Å². The number of halogens is 1. The molecule has 7 heteroatoms. The lowest BCUT2D eigenvalue weighted by molar-refractivity contribution is 0.181. The summed E-state index contributed by atoms with van der Waals surface area (Å²) in [4.78, 5) is 2.50. The van der Waals surface area contributed by atoms with Gasteiger partial charge in [0.25, 0.3) is 0 Å². The van der Waals surface area contributed by atoms with Crippen molar-refractivity contribution in [2.75, 3.05) is 32.8 Å². The Labute approximate surface area is 160 Å². The standard InChI is InChI=1S/C19H23ClN2O3S/c1-2-25-19-14-17(8-9-18(19)20)26(23,24)22-12-10-21(11-13-22)15-16-6-4-3-5-7-16/h3-9,14H,2,10-13,15H2,1H3. The van der Waals surface area contributed by atoms with Crippen molar-refractivity contribution in [1.82, 2.24) is 9.21 Å². The summed E-state index contributed by atoms with van der Waals surface area (Å²) in [5, 5.41) is 0.415. The maximum Gasteiger partial charge on any atom is 0.243 e. The number of hydrogen-bond acceptors (Lipinski definition) is 4. The van der Waals surface area contributed by atoms with E-state index < -0.39 is 10.0 Å². The minimum atomic E-state index is -3.55. The second-order valence-electron chi connectivity index (χ2n) is 6.19.